The minimum Gasteiger partial charge on any atom is -0.309 e. The van der Waals surface area contributed by atoms with Crippen LogP contribution in [0.1, 0.15) is 0 Å². The van der Waals surface area contributed by atoms with Crippen molar-refractivity contribution in [2.24, 2.45) is 5.92 Å². The zero-order chi connectivity index (χ0) is 10.7. The van der Waals surface area contributed by atoms with Gasteiger partial charge < -0.3 is 4.90 Å². The number of nitrogens with zero attached hydrogens (tertiary/aromatic N) is 3. The maximum Gasteiger partial charge on any atom is 0.0656 e. The summed E-state index contributed by atoms with van der Waals surface area (Å²) >= 11 is 0. The van der Waals surface area contributed by atoms with E-state index in [1.807, 2.05) is 23.1 Å². The van der Waals surface area contributed by atoms with Crippen molar-refractivity contribution < 1.29 is 0 Å². The second kappa shape index (κ2) is 4.45. The van der Waals surface area contributed by atoms with Crippen LogP contribution >= 0.6 is 0 Å². The van der Waals surface area contributed by atoms with Gasteiger partial charge in [-0.15, -0.1) is 0 Å². The normalized spacial score (nSPS) is 19.9. The van der Waals surface area contributed by atoms with Gasteiger partial charge in [0.25, 0.3) is 0 Å². The van der Waals surface area contributed by atoms with Gasteiger partial charge in [0.1, 0.15) is 0 Å². The van der Waals surface area contributed by atoms with Gasteiger partial charge in [0.05, 0.1) is 6.54 Å². The number of aromatic nitrogens is 2. The molecule has 1 atom stereocenters. The topological polar surface area (TPSA) is 21.1 Å². The van der Waals surface area contributed by atoms with Gasteiger partial charge in [-0.1, -0.05) is 18.2 Å². The Bertz CT molecular complexity index is 360. The summed E-state index contributed by atoms with van der Waals surface area (Å²) in [5.74, 6) is 0.561. The van der Waals surface area contributed by atoms with E-state index in [0.717, 1.165) is 13.1 Å². The van der Waals surface area contributed by atoms with Gasteiger partial charge in [0.15, 0.2) is 0 Å². The van der Waals surface area contributed by atoms with E-state index in [0.29, 0.717) is 5.92 Å². The van der Waals surface area contributed by atoms with Crippen molar-refractivity contribution in [2.75, 3.05) is 20.6 Å². The van der Waals surface area contributed by atoms with Gasteiger partial charge in [-0.25, -0.2) is 0 Å². The SMILES string of the molecule is CN(C)CC1C=CC(Cn2cccn2)=C1. The first-order valence-electron chi connectivity index (χ1n) is 5.25. The molecular weight excluding hydrogens is 186 g/mol. The molecule has 0 aliphatic heterocycles. The summed E-state index contributed by atoms with van der Waals surface area (Å²) in [6.07, 6.45) is 10.6. The molecule has 0 saturated heterocycles. The summed E-state index contributed by atoms with van der Waals surface area (Å²) in [6.45, 7) is 1.96. The average molecular weight is 203 g/mol. The Morgan fingerprint density at radius 2 is 2.33 bits per heavy atom. The lowest BCUT2D eigenvalue weighted by Crippen LogP contribution is -2.18. The lowest BCUT2D eigenvalue weighted by molar-refractivity contribution is 0.386. The maximum absolute atomic E-state index is 4.20. The van der Waals surface area contributed by atoms with Crippen molar-refractivity contribution in [3.05, 3.63) is 42.3 Å². The highest BCUT2D eigenvalue weighted by molar-refractivity contribution is 5.29. The van der Waals surface area contributed by atoms with Crippen LogP contribution in [0.3, 0.4) is 0 Å². The van der Waals surface area contributed by atoms with Gasteiger partial charge in [-0.2, -0.15) is 5.10 Å². The Kier molecular flexibility index (Phi) is 3.02. The lowest BCUT2D eigenvalue weighted by atomic mass is 10.1. The Morgan fingerprint density at radius 3 is 3.00 bits per heavy atom. The van der Waals surface area contributed by atoms with Crippen molar-refractivity contribution in [3.63, 3.8) is 0 Å². The van der Waals surface area contributed by atoms with Crippen molar-refractivity contribution in [3.8, 4) is 0 Å². The van der Waals surface area contributed by atoms with Crippen molar-refractivity contribution in [1.82, 2.24) is 14.7 Å². The fourth-order valence-electron chi connectivity index (χ4n) is 1.85. The molecule has 0 spiro atoms. The molecule has 1 unspecified atom stereocenters. The van der Waals surface area contributed by atoms with Gasteiger partial charge in [-0.05, 0) is 25.7 Å². The molecule has 0 N–H and O–H groups in total. The van der Waals surface area contributed by atoms with E-state index in [2.05, 4.69) is 42.3 Å². The number of hydrogen-bond donors (Lipinski definition) is 0. The maximum atomic E-state index is 4.20. The zero-order valence-electron chi connectivity index (χ0n) is 9.30. The molecule has 0 fully saturated rings. The summed E-state index contributed by atoms with van der Waals surface area (Å²) < 4.78 is 1.95. The van der Waals surface area contributed by atoms with Crippen LogP contribution in [-0.4, -0.2) is 35.3 Å². The van der Waals surface area contributed by atoms with E-state index in [-0.39, 0.29) is 0 Å². The van der Waals surface area contributed by atoms with Gasteiger partial charge in [0, 0.05) is 24.9 Å². The highest BCUT2D eigenvalue weighted by Crippen LogP contribution is 2.17. The molecule has 0 amide bonds. The molecule has 80 valence electrons. The van der Waals surface area contributed by atoms with Gasteiger partial charge in [-0.3, -0.25) is 4.68 Å². The second-order valence-electron chi connectivity index (χ2n) is 4.23. The monoisotopic (exact) mass is 203 g/mol. The second-order valence-corrected chi connectivity index (χ2v) is 4.23. The number of allylic oxidation sites excluding steroid dienone is 2. The first kappa shape index (κ1) is 10.2. The van der Waals surface area contributed by atoms with Gasteiger partial charge in [0.2, 0.25) is 0 Å². The third kappa shape index (κ3) is 2.80. The van der Waals surface area contributed by atoms with Crippen LogP contribution in [0.4, 0.5) is 0 Å². The molecule has 0 radical (unpaired) electrons. The van der Waals surface area contributed by atoms with Crippen LogP contribution in [0.2, 0.25) is 0 Å². The molecule has 1 aromatic rings. The van der Waals surface area contributed by atoms with Crippen molar-refractivity contribution >= 4 is 0 Å². The largest absolute Gasteiger partial charge is 0.309 e. The zero-order valence-corrected chi connectivity index (χ0v) is 9.30. The summed E-state index contributed by atoms with van der Waals surface area (Å²) in [5.41, 5.74) is 1.35. The molecule has 15 heavy (non-hydrogen) atoms. The van der Waals surface area contributed by atoms with E-state index in [9.17, 15) is 0 Å². The van der Waals surface area contributed by atoms with Crippen LogP contribution < -0.4 is 0 Å². The van der Waals surface area contributed by atoms with Gasteiger partial charge >= 0.3 is 0 Å². The van der Waals surface area contributed by atoms with Crippen LogP contribution in [0.15, 0.2) is 42.3 Å². The predicted molar refractivity (Wildman–Crippen MR) is 61.5 cm³/mol. The molecule has 0 bridgehead atoms. The smallest absolute Gasteiger partial charge is 0.0656 e. The quantitative estimate of drug-likeness (QED) is 0.740. The van der Waals surface area contributed by atoms with E-state index in [4.69, 9.17) is 0 Å². The Hall–Kier alpha value is -1.35. The standard InChI is InChI=1S/C12H17N3/c1-14(2)9-11-4-5-12(8-11)10-15-7-3-6-13-15/h3-8,11H,9-10H2,1-2H3. The average Bonchev–Trinajstić information content (AvgIpc) is 2.77. The van der Waals surface area contributed by atoms with Crippen LogP contribution in [0, 0.1) is 5.92 Å². The summed E-state index contributed by atoms with van der Waals surface area (Å²) in [7, 11) is 4.21. The highest BCUT2D eigenvalue weighted by Gasteiger charge is 2.10. The molecule has 1 aliphatic carbocycles. The first-order chi connectivity index (χ1) is 7.24. The van der Waals surface area contributed by atoms with Crippen molar-refractivity contribution in [2.45, 2.75) is 6.54 Å². The molecular formula is C12H17N3. The Balaban J connectivity index is 1.93. The highest BCUT2D eigenvalue weighted by atomic mass is 15.3. The minimum absolute atomic E-state index is 0.561. The van der Waals surface area contributed by atoms with Crippen LogP contribution in [0.25, 0.3) is 0 Å². The molecule has 3 nitrogen and oxygen atoms in total. The first-order valence-corrected chi connectivity index (χ1v) is 5.25. The van der Waals surface area contributed by atoms with E-state index >= 15 is 0 Å². The summed E-state index contributed by atoms with van der Waals surface area (Å²) in [6, 6.07) is 1.95. The summed E-state index contributed by atoms with van der Waals surface area (Å²) in [4.78, 5) is 2.21. The predicted octanol–water partition coefficient (Wildman–Crippen LogP) is 1.56. The summed E-state index contributed by atoms with van der Waals surface area (Å²) in [5, 5.41) is 4.20. The molecule has 0 saturated carbocycles. The van der Waals surface area contributed by atoms with E-state index in [1.165, 1.54) is 5.57 Å². The fourth-order valence-corrected chi connectivity index (χ4v) is 1.85. The lowest BCUT2D eigenvalue weighted by Gasteiger charge is -2.12. The van der Waals surface area contributed by atoms with E-state index in [1.54, 1.807) is 0 Å². The molecule has 0 aromatic carbocycles. The van der Waals surface area contributed by atoms with Crippen LogP contribution in [0.5, 0.6) is 0 Å². The Labute approximate surface area is 90.7 Å². The fraction of sp³-hybridized carbons (Fsp3) is 0.417. The third-order valence-electron chi connectivity index (χ3n) is 2.47. The number of hydrogen-bond acceptors (Lipinski definition) is 2. The Morgan fingerprint density at radius 1 is 1.47 bits per heavy atom. The third-order valence-corrected chi connectivity index (χ3v) is 2.47. The molecule has 3 heteroatoms. The van der Waals surface area contributed by atoms with Crippen LogP contribution in [-0.2, 0) is 6.54 Å². The number of rotatable bonds is 4. The molecule has 2 rings (SSSR count). The molecule has 1 aromatic heterocycles. The molecule has 1 aliphatic rings. The van der Waals surface area contributed by atoms with Crippen molar-refractivity contribution in [1.29, 1.82) is 0 Å². The minimum atomic E-state index is 0.561. The molecule has 1 heterocycles. The van der Waals surface area contributed by atoms with E-state index < -0.39 is 0 Å².